The van der Waals surface area contributed by atoms with Crippen LogP contribution in [0.5, 0.6) is 5.75 Å². The van der Waals surface area contributed by atoms with E-state index < -0.39 is 35.4 Å². The van der Waals surface area contributed by atoms with Gasteiger partial charge in [-0.2, -0.15) is 0 Å². The molecule has 190 valence electrons. The number of rotatable bonds is 6. The van der Waals surface area contributed by atoms with Gasteiger partial charge in [0.2, 0.25) is 0 Å². The van der Waals surface area contributed by atoms with E-state index in [1.165, 1.54) is 19.9 Å². The fraction of sp³-hybridized carbons (Fsp3) is 0.214. The maximum atomic E-state index is 14.0. The topological polar surface area (TPSA) is 77.6 Å². The molecule has 0 spiro atoms. The number of para-hydroxylation sites is 1. The van der Waals surface area contributed by atoms with Gasteiger partial charge in [-0.05, 0) is 35.4 Å². The molecule has 37 heavy (non-hydrogen) atoms. The predicted octanol–water partition coefficient (Wildman–Crippen LogP) is 6.78. The van der Waals surface area contributed by atoms with Gasteiger partial charge in [-0.3, -0.25) is 9.59 Å². The van der Waals surface area contributed by atoms with Crippen LogP contribution in [0.4, 0.5) is 4.39 Å². The minimum atomic E-state index is -1.38. The van der Waals surface area contributed by atoms with Crippen LogP contribution in [0.15, 0.2) is 66.9 Å². The van der Waals surface area contributed by atoms with Crippen molar-refractivity contribution in [2.24, 2.45) is 5.92 Å². The quantitative estimate of drug-likeness (QED) is 0.215. The number of fused-ring (bicyclic) bond motifs is 1. The van der Waals surface area contributed by atoms with E-state index >= 15 is 0 Å². The van der Waals surface area contributed by atoms with E-state index in [9.17, 15) is 14.0 Å². The summed E-state index contributed by atoms with van der Waals surface area (Å²) in [5, 5.41) is 1.09. The van der Waals surface area contributed by atoms with Crippen molar-refractivity contribution in [1.82, 2.24) is 4.98 Å². The molecule has 1 atom stereocenters. The highest BCUT2D eigenvalue weighted by Crippen LogP contribution is 2.44. The Labute approximate surface area is 222 Å². The van der Waals surface area contributed by atoms with Crippen LogP contribution in [0.25, 0.3) is 10.9 Å². The Morgan fingerprint density at radius 1 is 1.00 bits per heavy atom. The van der Waals surface area contributed by atoms with E-state index in [0.29, 0.717) is 16.7 Å². The fourth-order valence-electron chi connectivity index (χ4n) is 4.57. The van der Waals surface area contributed by atoms with Crippen molar-refractivity contribution in [1.29, 1.82) is 0 Å². The molecule has 1 fully saturated rings. The zero-order valence-corrected chi connectivity index (χ0v) is 21.4. The Kier molecular flexibility index (Phi) is 6.60. The molecule has 0 amide bonds. The van der Waals surface area contributed by atoms with Gasteiger partial charge in [0.25, 0.3) is 5.79 Å². The molecule has 4 aromatic rings. The van der Waals surface area contributed by atoms with Crippen molar-refractivity contribution < 1.29 is 28.2 Å². The number of H-pyrrole nitrogens is 1. The van der Waals surface area contributed by atoms with Crippen LogP contribution >= 0.6 is 23.2 Å². The van der Waals surface area contributed by atoms with Crippen molar-refractivity contribution in [3.8, 4) is 5.75 Å². The number of carbonyl (C=O) groups is 2. The molecule has 0 radical (unpaired) electrons. The molecule has 9 heteroatoms. The van der Waals surface area contributed by atoms with E-state index in [1.54, 1.807) is 36.5 Å². The zero-order chi connectivity index (χ0) is 26.3. The lowest BCUT2D eigenvalue weighted by atomic mass is 9.80. The first kappa shape index (κ1) is 25.1. The van der Waals surface area contributed by atoms with Gasteiger partial charge in [0.05, 0.1) is 10.0 Å². The molecule has 0 saturated carbocycles. The Balaban J connectivity index is 1.57. The van der Waals surface area contributed by atoms with Crippen LogP contribution in [0.2, 0.25) is 10.0 Å². The highest BCUT2D eigenvalue weighted by molar-refractivity contribution is 6.37. The first-order valence-corrected chi connectivity index (χ1v) is 12.3. The third-order valence-electron chi connectivity index (χ3n) is 6.20. The minimum absolute atomic E-state index is 0.0896. The zero-order valence-electron chi connectivity index (χ0n) is 19.9. The number of aromatic amines is 1. The van der Waals surface area contributed by atoms with Gasteiger partial charge in [-0.15, -0.1) is 0 Å². The van der Waals surface area contributed by atoms with Gasteiger partial charge in [0.1, 0.15) is 12.4 Å². The number of hydrogen-bond acceptors (Lipinski definition) is 5. The predicted molar refractivity (Wildman–Crippen MR) is 137 cm³/mol. The second-order valence-corrected chi connectivity index (χ2v) is 10.00. The monoisotopic (exact) mass is 541 g/mol. The maximum Gasteiger partial charge on any atom is 0.324 e. The molecule has 3 aromatic carbocycles. The Bertz CT molecular complexity index is 1470. The molecular weight excluding hydrogens is 520 g/mol. The molecular formula is C28H22Cl2FNO5. The number of benzene rings is 3. The fourth-order valence-corrected chi connectivity index (χ4v) is 5.18. The molecule has 1 aromatic heterocycles. The molecule has 5 rings (SSSR count). The lowest BCUT2D eigenvalue weighted by molar-refractivity contribution is -0.240. The van der Waals surface area contributed by atoms with Crippen molar-refractivity contribution >= 4 is 46.0 Å². The van der Waals surface area contributed by atoms with E-state index in [4.69, 9.17) is 37.4 Å². The van der Waals surface area contributed by atoms with Crippen LogP contribution in [-0.2, 0) is 25.7 Å². The number of cyclic esters (lactones) is 2. The van der Waals surface area contributed by atoms with E-state index in [2.05, 4.69) is 4.98 Å². The standard InChI is InChI=1S/C28H22Cl2FNO5/c1-28(2)36-26(33)24(27(34)37-28)23(18-13-32-22-10-6-4-8-17(18)22)16-11-19(29)25(20(30)12-16)35-14-15-7-3-5-9-21(15)31/h3-13,23-24,32H,14H2,1-2H3/t23-/m1/s1. The molecule has 1 saturated heterocycles. The molecule has 0 unspecified atom stereocenters. The average Bonchev–Trinajstić information content (AvgIpc) is 3.25. The summed E-state index contributed by atoms with van der Waals surface area (Å²) in [6.45, 7) is 2.90. The molecule has 0 aliphatic carbocycles. The molecule has 1 aliphatic heterocycles. The summed E-state index contributed by atoms with van der Waals surface area (Å²) < 4.78 is 30.7. The van der Waals surface area contributed by atoms with Gasteiger partial charge in [0, 0.05) is 42.4 Å². The number of nitrogens with one attached hydrogen (secondary N) is 1. The van der Waals surface area contributed by atoms with Crippen molar-refractivity contribution in [2.45, 2.75) is 32.2 Å². The SMILES string of the molecule is CC1(C)OC(=O)C([C@H](c2cc(Cl)c(OCc3ccccc3F)c(Cl)c2)c2c[nH]c3ccccc23)C(=O)O1. The second-order valence-electron chi connectivity index (χ2n) is 9.18. The largest absolute Gasteiger partial charge is 0.486 e. The number of halogens is 3. The Morgan fingerprint density at radius 2 is 1.62 bits per heavy atom. The highest BCUT2D eigenvalue weighted by atomic mass is 35.5. The first-order chi connectivity index (χ1) is 17.6. The van der Waals surface area contributed by atoms with Crippen LogP contribution in [0.3, 0.4) is 0 Å². The number of hydrogen-bond donors (Lipinski definition) is 1. The lowest BCUT2D eigenvalue weighted by Gasteiger charge is -2.36. The second kappa shape index (κ2) is 9.72. The minimum Gasteiger partial charge on any atom is -0.486 e. The lowest BCUT2D eigenvalue weighted by Crippen LogP contribution is -2.48. The average molecular weight is 542 g/mol. The van der Waals surface area contributed by atoms with Crippen molar-refractivity contribution in [3.63, 3.8) is 0 Å². The highest BCUT2D eigenvalue weighted by Gasteiger charge is 2.48. The Hall–Kier alpha value is -3.55. The molecule has 0 bridgehead atoms. The smallest absolute Gasteiger partial charge is 0.324 e. The number of aromatic nitrogens is 1. The first-order valence-electron chi connectivity index (χ1n) is 11.5. The maximum absolute atomic E-state index is 14.0. The van der Waals surface area contributed by atoms with Crippen molar-refractivity contribution in [3.05, 3.63) is 99.4 Å². The van der Waals surface area contributed by atoms with Crippen LogP contribution < -0.4 is 4.74 Å². The van der Waals surface area contributed by atoms with E-state index in [1.807, 2.05) is 24.3 Å². The summed E-state index contributed by atoms with van der Waals surface area (Å²) in [5.41, 5.74) is 2.31. The van der Waals surface area contributed by atoms with E-state index in [-0.39, 0.29) is 22.4 Å². The summed E-state index contributed by atoms with van der Waals surface area (Å²) in [7, 11) is 0. The van der Waals surface area contributed by atoms with Crippen LogP contribution in [0.1, 0.15) is 36.5 Å². The van der Waals surface area contributed by atoms with Gasteiger partial charge >= 0.3 is 11.9 Å². The Morgan fingerprint density at radius 3 is 2.30 bits per heavy atom. The van der Waals surface area contributed by atoms with Crippen LogP contribution in [0, 0.1) is 11.7 Å². The van der Waals surface area contributed by atoms with Crippen LogP contribution in [-0.4, -0.2) is 22.7 Å². The molecule has 1 N–H and O–H groups in total. The molecule has 6 nitrogen and oxygen atoms in total. The molecule has 2 heterocycles. The summed E-state index contributed by atoms with van der Waals surface area (Å²) in [4.78, 5) is 29.4. The number of carbonyl (C=O) groups excluding carboxylic acids is 2. The van der Waals surface area contributed by atoms with Crippen molar-refractivity contribution in [2.75, 3.05) is 0 Å². The third kappa shape index (κ3) is 4.89. The van der Waals surface area contributed by atoms with Gasteiger partial charge in [-0.1, -0.05) is 59.6 Å². The summed E-state index contributed by atoms with van der Waals surface area (Å²) in [6.07, 6.45) is 1.74. The van der Waals surface area contributed by atoms with Gasteiger partial charge < -0.3 is 19.2 Å². The van der Waals surface area contributed by atoms with E-state index in [0.717, 1.165) is 10.9 Å². The third-order valence-corrected chi connectivity index (χ3v) is 6.76. The number of esters is 2. The summed E-state index contributed by atoms with van der Waals surface area (Å²) >= 11 is 13.2. The number of ether oxygens (including phenoxy) is 3. The van der Waals surface area contributed by atoms with Gasteiger partial charge in [0.15, 0.2) is 11.7 Å². The summed E-state index contributed by atoms with van der Waals surface area (Å²) in [5.74, 6) is -5.21. The normalized spacial score (nSPS) is 16.4. The van der Waals surface area contributed by atoms with Gasteiger partial charge in [-0.25, -0.2) is 4.39 Å². The summed E-state index contributed by atoms with van der Waals surface area (Å²) in [6, 6.07) is 16.9. The molecule has 1 aliphatic rings.